The van der Waals surface area contributed by atoms with Gasteiger partial charge in [0.05, 0.1) is 6.04 Å². The minimum atomic E-state index is 0.121. The number of piperidine rings is 1. The Hall–Kier alpha value is -0.370. The average molecular weight is 183 g/mol. The van der Waals surface area contributed by atoms with E-state index < -0.39 is 0 Å². The SMILES string of the molecule is CC(=O)C(C)N1CCC(C)(C)CC1. The first-order chi connectivity index (χ1) is 5.92. The van der Waals surface area contributed by atoms with Crippen LogP contribution in [-0.2, 0) is 4.79 Å². The second kappa shape index (κ2) is 3.79. The summed E-state index contributed by atoms with van der Waals surface area (Å²) in [7, 11) is 0. The van der Waals surface area contributed by atoms with Crippen molar-refractivity contribution in [2.24, 2.45) is 5.41 Å². The summed E-state index contributed by atoms with van der Waals surface area (Å²) in [5.74, 6) is 0.291. The molecule has 1 heterocycles. The summed E-state index contributed by atoms with van der Waals surface area (Å²) < 4.78 is 0. The van der Waals surface area contributed by atoms with Crippen molar-refractivity contribution in [3.8, 4) is 0 Å². The highest BCUT2D eigenvalue weighted by Gasteiger charge is 2.28. The van der Waals surface area contributed by atoms with Crippen LogP contribution in [0.4, 0.5) is 0 Å². The van der Waals surface area contributed by atoms with Crippen LogP contribution in [0.15, 0.2) is 0 Å². The summed E-state index contributed by atoms with van der Waals surface area (Å²) in [4.78, 5) is 13.5. The number of carbonyl (C=O) groups is 1. The Bertz CT molecular complexity index is 188. The molecule has 1 unspecified atom stereocenters. The Kier molecular flexibility index (Phi) is 3.12. The minimum absolute atomic E-state index is 0.121. The van der Waals surface area contributed by atoms with E-state index in [2.05, 4.69) is 18.7 Å². The molecule has 2 heteroatoms. The van der Waals surface area contributed by atoms with Crippen LogP contribution in [0.5, 0.6) is 0 Å². The van der Waals surface area contributed by atoms with Crippen molar-refractivity contribution in [3.63, 3.8) is 0 Å². The normalized spacial score (nSPS) is 25.5. The fraction of sp³-hybridized carbons (Fsp3) is 0.909. The van der Waals surface area contributed by atoms with Crippen LogP contribution in [0.2, 0.25) is 0 Å². The zero-order chi connectivity index (χ0) is 10.1. The quantitative estimate of drug-likeness (QED) is 0.653. The van der Waals surface area contributed by atoms with Gasteiger partial charge in [-0.25, -0.2) is 0 Å². The molecule has 0 amide bonds. The summed E-state index contributed by atoms with van der Waals surface area (Å²) in [6.07, 6.45) is 2.43. The summed E-state index contributed by atoms with van der Waals surface area (Å²) in [6.45, 7) is 10.5. The van der Waals surface area contributed by atoms with Crippen molar-refractivity contribution in [2.75, 3.05) is 13.1 Å². The van der Waals surface area contributed by atoms with Crippen molar-refractivity contribution in [3.05, 3.63) is 0 Å². The molecule has 0 saturated carbocycles. The molecule has 0 aromatic rings. The summed E-state index contributed by atoms with van der Waals surface area (Å²) >= 11 is 0. The van der Waals surface area contributed by atoms with Crippen LogP contribution < -0.4 is 0 Å². The average Bonchev–Trinajstić information content (AvgIpc) is 2.03. The van der Waals surface area contributed by atoms with Crippen LogP contribution in [0.25, 0.3) is 0 Å². The maximum absolute atomic E-state index is 11.2. The molecular formula is C11H21NO. The molecule has 1 saturated heterocycles. The Labute approximate surface area is 81.3 Å². The van der Waals surface area contributed by atoms with Gasteiger partial charge in [-0.3, -0.25) is 9.69 Å². The molecule has 0 N–H and O–H groups in total. The summed E-state index contributed by atoms with van der Waals surface area (Å²) in [5, 5.41) is 0. The second-order valence-corrected chi connectivity index (χ2v) is 4.99. The molecule has 2 nitrogen and oxygen atoms in total. The lowest BCUT2D eigenvalue weighted by Crippen LogP contribution is -2.45. The molecule has 0 aromatic heterocycles. The molecule has 0 radical (unpaired) electrons. The largest absolute Gasteiger partial charge is 0.298 e. The number of carbonyl (C=O) groups excluding carboxylic acids is 1. The lowest BCUT2D eigenvalue weighted by Gasteiger charge is -2.39. The van der Waals surface area contributed by atoms with Gasteiger partial charge in [-0.2, -0.15) is 0 Å². The van der Waals surface area contributed by atoms with Crippen molar-refractivity contribution >= 4 is 5.78 Å². The first kappa shape index (κ1) is 10.7. The Morgan fingerprint density at radius 3 is 2.15 bits per heavy atom. The van der Waals surface area contributed by atoms with E-state index in [0.717, 1.165) is 13.1 Å². The van der Waals surface area contributed by atoms with Crippen molar-refractivity contribution in [2.45, 2.75) is 46.6 Å². The number of Topliss-reactive ketones (excluding diaryl/α,β-unsaturated/α-hetero) is 1. The van der Waals surface area contributed by atoms with Gasteiger partial charge in [0.2, 0.25) is 0 Å². The summed E-state index contributed by atoms with van der Waals surface area (Å²) in [5.41, 5.74) is 0.479. The van der Waals surface area contributed by atoms with Gasteiger partial charge in [0.1, 0.15) is 5.78 Å². The fourth-order valence-electron chi connectivity index (χ4n) is 1.77. The first-order valence-electron chi connectivity index (χ1n) is 5.17. The third-order valence-corrected chi connectivity index (χ3v) is 3.29. The van der Waals surface area contributed by atoms with Crippen LogP contribution in [-0.4, -0.2) is 29.8 Å². The van der Waals surface area contributed by atoms with Gasteiger partial charge in [-0.05, 0) is 45.2 Å². The topological polar surface area (TPSA) is 20.3 Å². The van der Waals surface area contributed by atoms with Crippen LogP contribution in [0.1, 0.15) is 40.5 Å². The van der Waals surface area contributed by atoms with Gasteiger partial charge < -0.3 is 0 Å². The van der Waals surface area contributed by atoms with Gasteiger partial charge in [0, 0.05) is 0 Å². The number of rotatable bonds is 2. The standard InChI is InChI=1S/C11H21NO/c1-9(10(2)13)12-7-5-11(3,4)6-8-12/h9H,5-8H2,1-4H3. The summed E-state index contributed by atoms with van der Waals surface area (Å²) in [6, 6.07) is 0.121. The maximum atomic E-state index is 11.2. The molecule has 1 atom stereocenters. The highest BCUT2D eigenvalue weighted by atomic mass is 16.1. The maximum Gasteiger partial charge on any atom is 0.146 e. The van der Waals surface area contributed by atoms with Crippen LogP contribution in [0, 0.1) is 5.41 Å². The molecule has 0 spiro atoms. The van der Waals surface area contributed by atoms with Gasteiger partial charge in [0.15, 0.2) is 0 Å². The van der Waals surface area contributed by atoms with E-state index in [1.807, 2.05) is 6.92 Å². The van der Waals surface area contributed by atoms with E-state index in [1.54, 1.807) is 6.92 Å². The number of ketones is 1. The Morgan fingerprint density at radius 1 is 1.31 bits per heavy atom. The highest BCUT2D eigenvalue weighted by molar-refractivity contribution is 5.80. The molecule has 0 aliphatic carbocycles. The zero-order valence-electron chi connectivity index (χ0n) is 9.26. The lowest BCUT2D eigenvalue weighted by molar-refractivity contribution is -0.122. The zero-order valence-corrected chi connectivity index (χ0v) is 9.26. The molecule has 1 rings (SSSR count). The van der Waals surface area contributed by atoms with Gasteiger partial charge in [-0.15, -0.1) is 0 Å². The number of hydrogen-bond acceptors (Lipinski definition) is 2. The molecule has 76 valence electrons. The third-order valence-electron chi connectivity index (χ3n) is 3.29. The molecule has 1 aliphatic rings. The van der Waals surface area contributed by atoms with Crippen LogP contribution in [0.3, 0.4) is 0 Å². The number of likely N-dealkylation sites (tertiary alicyclic amines) is 1. The smallest absolute Gasteiger partial charge is 0.146 e. The van der Waals surface area contributed by atoms with E-state index in [1.165, 1.54) is 12.8 Å². The minimum Gasteiger partial charge on any atom is -0.298 e. The third kappa shape index (κ3) is 2.80. The van der Waals surface area contributed by atoms with Gasteiger partial charge in [-0.1, -0.05) is 13.8 Å². The second-order valence-electron chi connectivity index (χ2n) is 4.99. The predicted molar refractivity (Wildman–Crippen MR) is 54.7 cm³/mol. The fourth-order valence-corrected chi connectivity index (χ4v) is 1.77. The van der Waals surface area contributed by atoms with Gasteiger partial charge >= 0.3 is 0 Å². The predicted octanol–water partition coefficient (Wildman–Crippen LogP) is 2.09. The molecule has 1 aliphatic heterocycles. The van der Waals surface area contributed by atoms with Crippen LogP contribution >= 0.6 is 0 Å². The molecule has 0 bridgehead atoms. The van der Waals surface area contributed by atoms with E-state index in [-0.39, 0.29) is 6.04 Å². The molecule has 13 heavy (non-hydrogen) atoms. The molecule has 1 fully saturated rings. The van der Waals surface area contributed by atoms with E-state index in [4.69, 9.17) is 0 Å². The van der Waals surface area contributed by atoms with E-state index in [0.29, 0.717) is 11.2 Å². The van der Waals surface area contributed by atoms with Crippen molar-refractivity contribution in [1.82, 2.24) is 4.90 Å². The number of nitrogens with zero attached hydrogens (tertiary/aromatic N) is 1. The number of hydrogen-bond donors (Lipinski definition) is 0. The van der Waals surface area contributed by atoms with Crippen molar-refractivity contribution in [1.29, 1.82) is 0 Å². The Morgan fingerprint density at radius 2 is 1.77 bits per heavy atom. The monoisotopic (exact) mass is 183 g/mol. The highest BCUT2D eigenvalue weighted by Crippen LogP contribution is 2.30. The van der Waals surface area contributed by atoms with E-state index >= 15 is 0 Å². The van der Waals surface area contributed by atoms with Crippen molar-refractivity contribution < 1.29 is 4.79 Å². The van der Waals surface area contributed by atoms with E-state index in [9.17, 15) is 4.79 Å². The molecule has 0 aromatic carbocycles. The first-order valence-corrected chi connectivity index (χ1v) is 5.17. The van der Waals surface area contributed by atoms with Gasteiger partial charge in [0.25, 0.3) is 0 Å². The Balaban J connectivity index is 2.45. The molecular weight excluding hydrogens is 162 g/mol. The lowest BCUT2D eigenvalue weighted by atomic mass is 9.82.